The molecule has 1 rings (SSSR count). The molecule has 0 aliphatic carbocycles. The molecule has 0 amide bonds. The van der Waals surface area contributed by atoms with Crippen LogP contribution in [0, 0.1) is 0 Å². The van der Waals surface area contributed by atoms with Gasteiger partial charge in [-0.25, -0.2) is 0 Å². The molecule has 4 heteroatoms. The molecular formula is C9H17NO3. The molecular weight excluding hydrogens is 170 g/mol. The van der Waals surface area contributed by atoms with Crippen LogP contribution in [0.5, 0.6) is 0 Å². The average molecular weight is 187 g/mol. The molecule has 0 bridgehead atoms. The van der Waals surface area contributed by atoms with E-state index in [1.165, 1.54) is 0 Å². The third kappa shape index (κ3) is 2.97. The average Bonchev–Trinajstić information content (AvgIpc) is 2.04. The number of aliphatic carboxylic acids is 1. The Hall–Kier alpha value is -0.610. The number of ether oxygens (including phenoxy) is 1. The Morgan fingerprint density at radius 2 is 2.38 bits per heavy atom. The van der Waals surface area contributed by atoms with Gasteiger partial charge in [-0.1, -0.05) is 0 Å². The summed E-state index contributed by atoms with van der Waals surface area (Å²) in [6.45, 7) is 5.05. The maximum atomic E-state index is 10.6. The summed E-state index contributed by atoms with van der Waals surface area (Å²) in [6.07, 6.45) is 1.97. The van der Waals surface area contributed by atoms with Gasteiger partial charge in [-0.2, -0.15) is 0 Å². The Balaban J connectivity index is 2.45. The molecule has 1 fully saturated rings. The summed E-state index contributed by atoms with van der Waals surface area (Å²) in [4.78, 5) is 10.6. The number of hydrogen-bond acceptors (Lipinski definition) is 3. The van der Waals surface area contributed by atoms with Crippen LogP contribution in [-0.4, -0.2) is 35.9 Å². The number of hydrogen-bond donors (Lipinski definition) is 2. The topological polar surface area (TPSA) is 58.6 Å². The van der Waals surface area contributed by atoms with Gasteiger partial charge in [-0.05, 0) is 26.7 Å². The first kappa shape index (κ1) is 10.5. The predicted molar refractivity (Wildman–Crippen MR) is 48.7 cm³/mol. The first-order chi connectivity index (χ1) is 6.03. The first-order valence-corrected chi connectivity index (χ1v) is 4.62. The van der Waals surface area contributed by atoms with E-state index in [2.05, 4.69) is 5.32 Å². The molecule has 0 radical (unpaired) electrons. The molecule has 0 aromatic rings. The number of rotatable bonds is 3. The Morgan fingerprint density at radius 1 is 1.69 bits per heavy atom. The smallest absolute Gasteiger partial charge is 0.320 e. The highest BCUT2D eigenvalue weighted by atomic mass is 16.5. The molecule has 1 aliphatic heterocycles. The Bertz CT molecular complexity index is 187. The van der Waals surface area contributed by atoms with E-state index in [0.717, 1.165) is 19.4 Å². The van der Waals surface area contributed by atoms with Crippen LogP contribution in [0.3, 0.4) is 0 Å². The van der Waals surface area contributed by atoms with Gasteiger partial charge in [0.2, 0.25) is 0 Å². The SMILES string of the molecule is CC(NC1(C)CCCOC1)C(=O)O. The van der Waals surface area contributed by atoms with E-state index in [4.69, 9.17) is 9.84 Å². The highest BCUT2D eigenvalue weighted by Crippen LogP contribution is 2.18. The van der Waals surface area contributed by atoms with Gasteiger partial charge in [0.25, 0.3) is 0 Å². The van der Waals surface area contributed by atoms with E-state index < -0.39 is 12.0 Å². The lowest BCUT2D eigenvalue weighted by molar-refractivity contribution is -0.140. The van der Waals surface area contributed by atoms with Crippen molar-refractivity contribution < 1.29 is 14.6 Å². The van der Waals surface area contributed by atoms with Crippen molar-refractivity contribution in [2.75, 3.05) is 13.2 Å². The van der Waals surface area contributed by atoms with Crippen LogP contribution in [0.2, 0.25) is 0 Å². The Labute approximate surface area is 78.3 Å². The predicted octanol–water partition coefficient (Wildman–Crippen LogP) is 0.618. The molecule has 0 spiro atoms. The van der Waals surface area contributed by atoms with Gasteiger partial charge in [-0.3, -0.25) is 10.1 Å². The molecule has 76 valence electrons. The zero-order chi connectivity index (χ0) is 9.90. The largest absolute Gasteiger partial charge is 0.480 e. The maximum Gasteiger partial charge on any atom is 0.320 e. The maximum absolute atomic E-state index is 10.6. The lowest BCUT2D eigenvalue weighted by atomic mass is 9.94. The van der Waals surface area contributed by atoms with Crippen LogP contribution in [0.1, 0.15) is 26.7 Å². The van der Waals surface area contributed by atoms with E-state index in [-0.39, 0.29) is 5.54 Å². The van der Waals surface area contributed by atoms with E-state index in [1.54, 1.807) is 6.92 Å². The van der Waals surface area contributed by atoms with E-state index in [1.807, 2.05) is 6.92 Å². The quantitative estimate of drug-likeness (QED) is 0.680. The van der Waals surface area contributed by atoms with Crippen molar-refractivity contribution in [3.63, 3.8) is 0 Å². The number of nitrogens with one attached hydrogen (secondary N) is 1. The molecule has 1 aliphatic rings. The summed E-state index contributed by atoms with van der Waals surface area (Å²) in [7, 11) is 0. The molecule has 13 heavy (non-hydrogen) atoms. The van der Waals surface area contributed by atoms with Crippen LogP contribution in [0.15, 0.2) is 0 Å². The summed E-state index contributed by atoms with van der Waals surface area (Å²) < 4.78 is 5.31. The zero-order valence-electron chi connectivity index (χ0n) is 8.17. The number of carbonyl (C=O) groups is 1. The third-order valence-corrected chi connectivity index (χ3v) is 2.37. The van der Waals surface area contributed by atoms with Crippen LogP contribution < -0.4 is 5.32 Å². The lowest BCUT2D eigenvalue weighted by Gasteiger charge is -2.35. The highest BCUT2D eigenvalue weighted by molar-refractivity contribution is 5.72. The second-order valence-electron chi connectivity index (χ2n) is 3.92. The van der Waals surface area contributed by atoms with Crippen molar-refractivity contribution in [2.24, 2.45) is 0 Å². The van der Waals surface area contributed by atoms with Crippen LogP contribution in [0.4, 0.5) is 0 Å². The fraction of sp³-hybridized carbons (Fsp3) is 0.889. The van der Waals surface area contributed by atoms with Gasteiger partial charge in [0.1, 0.15) is 6.04 Å². The van der Waals surface area contributed by atoms with Gasteiger partial charge in [0.15, 0.2) is 0 Å². The molecule has 2 atom stereocenters. The second-order valence-corrected chi connectivity index (χ2v) is 3.92. The third-order valence-electron chi connectivity index (χ3n) is 2.37. The van der Waals surface area contributed by atoms with E-state index >= 15 is 0 Å². The van der Waals surface area contributed by atoms with Crippen molar-refractivity contribution >= 4 is 5.97 Å². The molecule has 1 saturated heterocycles. The van der Waals surface area contributed by atoms with Gasteiger partial charge < -0.3 is 9.84 Å². The molecule has 1 heterocycles. The summed E-state index contributed by atoms with van der Waals surface area (Å²) in [5.74, 6) is -0.813. The molecule has 0 saturated carbocycles. The van der Waals surface area contributed by atoms with E-state index in [0.29, 0.717) is 6.61 Å². The van der Waals surface area contributed by atoms with Crippen molar-refractivity contribution in [3.8, 4) is 0 Å². The van der Waals surface area contributed by atoms with Crippen molar-refractivity contribution in [3.05, 3.63) is 0 Å². The van der Waals surface area contributed by atoms with Gasteiger partial charge >= 0.3 is 5.97 Å². The first-order valence-electron chi connectivity index (χ1n) is 4.62. The van der Waals surface area contributed by atoms with Gasteiger partial charge in [-0.15, -0.1) is 0 Å². The van der Waals surface area contributed by atoms with Gasteiger partial charge in [0.05, 0.1) is 6.61 Å². The standard InChI is InChI=1S/C9H17NO3/c1-7(8(11)12)10-9(2)4-3-5-13-6-9/h7,10H,3-6H2,1-2H3,(H,11,12). The summed E-state index contributed by atoms with van der Waals surface area (Å²) in [5, 5.41) is 11.8. The van der Waals surface area contributed by atoms with Crippen molar-refractivity contribution in [1.82, 2.24) is 5.32 Å². The fourth-order valence-corrected chi connectivity index (χ4v) is 1.63. The number of carboxylic acid groups (broad SMARTS) is 1. The molecule has 2 N–H and O–H groups in total. The van der Waals surface area contributed by atoms with Crippen molar-refractivity contribution in [2.45, 2.75) is 38.3 Å². The normalized spacial score (nSPS) is 31.2. The minimum atomic E-state index is -0.813. The summed E-state index contributed by atoms with van der Waals surface area (Å²) >= 11 is 0. The lowest BCUT2D eigenvalue weighted by Crippen LogP contribution is -2.54. The fourth-order valence-electron chi connectivity index (χ4n) is 1.63. The summed E-state index contributed by atoms with van der Waals surface area (Å²) in [5.41, 5.74) is -0.171. The summed E-state index contributed by atoms with van der Waals surface area (Å²) in [6, 6.07) is -0.508. The Morgan fingerprint density at radius 3 is 2.85 bits per heavy atom. The minimum Gasteiger partial charge on any atom is -0.480 e. The minimum absolute atomic E-state index is 0.171. The van der Waals surface area contributed by atoms with E-state index in [9.17, 15) is 4.79 Å². The van der Waals surface area contributed by atoms with Crippen LogP contribution in [0.25, 0.3) is 0 Å². The molecule has 4 nitrogen and oxygen atoms in total. The number of carboxylic acids is 1. The highest BCUT2D eigenvalue weighted by Gasteiger charge is 2.30. The van der Waals surface area contributed by atoms with Crippen molar-refractivity contribution in [1.29, 1.82) is 0 Å². The Kier molecular flexibility index (Phi) is 3.27. The van der Waals surface area contributed by atoms with Gasteiger partial charge in [0, 0.05) is 12.1 Å². The molecule has 2 unspecified atom stereocenters. The zero-order valence-corrected chi connectivity index (χ0v) is 8.17. The second kappa shape index (κ2) is 4.07. The molecule has 0 aromatic heterocycles. The van der Waals surface area contributed by atoms with Crippen LogP contribution >= 0.6 is 0 Å². The monoisotopic (exact) mass is 187 g/mol. The molecule has 0 aromatic carbocycles. The van der Waals surface area contributed by atoms with Crippen LogP contribution in [-0.2, 0) is 9.53 Å².